The molecular formula is C8H19BO5. The Labute approximate surface area is 85.5 Å². The van der Waals surface area contributed by atoms with Gasteiger partial charge in [0.15, 0.2) is 0 Å². The highest BCUT2D eigenvalue weighted by molar-refractivity contribution is 6.34. The SMILES string of the molecule is CCOC(C)OB(O)OC(C)OCC. The smallest absolute Gasteiger partial charge is 0.401 e. The van der Waals surface area contributed by atoms with E-state index in [4.69, 9.17) is 18.8 Å². The number of rotatable bonds is 8. The highest BCUT2D eigenvalue weighted by Gasteiger charge is 2.22. The Balaban J connectivity index is 3.57. The summed E-state index contributed by atoms with van der Waals surface area (Å²) in [5.41, 5.74) is 0. The fraction of sp³-hybridized carbons (Fsp3) is 1.00. The molecule has 5 nitrogen and oxygen atoms in total. The Hall–Kier alpha value is -0.135. The molecule has 0 radical (unpaired) electrons. The molecule has 84 valence electrons. The number of hydrogen-bond acceptors (Lipinski definition) is 5. The maximum absolute atomic E-state index is 9.24. The minimum absolute atomic E-state index is 0.496. The van der Waals surface area contributed by atoms with Gasteiger partial charge >= 0.3 is 7.32 Å². The van der Waals surface area contributed by atoms with E-state index in [9.17, 15) is 5.02 Å². The summed E-state index contributed by atoms with van der Waals surface area (Å²) in [4.78, 5) is 0. The molecular weight excluding hydrogens is 187 g/mol. The van der Waals surface area contributed by atoms with Gasteiger partial charge in [0.1, 0.15) is 12.6 Å². The minimum atomic E-state index is -1.32. The first-order chi connectivity index (χ1) is 6.60. The molecule has 14 heavy (non-hydrogen) atoms. The summed E-state index contributed by atoms with van der Waals surface area (Å²) in [5, 5.41) is 9.24. The van der Waals surface area contributed by atoms with Gasteiger partial charge in [0.2, 0.25) is 0 Å². The van der Waals surface area contributed by atoms with Gasteiger partial charge in [-0.2, -0.15) is 0 Å². The molecule has 0 amide bonds. The van der Waals surface area contributed by atoms with Crippen LogP contribution >= 0.6 is 0 Å². The second-order valence-electron chi connectivity index (χ2n) is 2.63. The van der Waals surface area contributed by atoms with Crippen LogP contribution in [-0.2, 0) is 18.8 Å². The summed E-state index contributed by atoms with van der Waals surface area (Å²) in [7, 11) is -1.32. The zero-order valence-corrected chi connectivity index (χ0v) is 9.23. The van der Waals surface area contributed by atoms with Gasteiger partial charge in [-0.15, -0.1) is 0 Å². The monoisotopic (exact) mass is 206 g/mol. The summed E-state index contributed by atoms with van der Waals surface area (Å²) < 4.78 is 20.0. The first-order valence-corrected chi connectivity index (χ1v) is 4.82. The molecule has 0 saturated heterocycles. The Morgan fingerprint density at radius 3 is 1.64 bits per heavy atom. The molecule has 0 rings (SSSR count). The van der Waals surface area contributed by atoms with Gasteiger partial charge in [-0.3, -0.25) is 0 Å². The predicted octanol–water partition coefficient (Wildman–Crippen LogP) is 0.762. The average molecular weight is 206 g/mol. The molecule has 0 heterocycles. The predicted molar refractivity (Wildman–Crippen MR) is 52.3 cm³/mol. The van der Waals surface area contributed by atoms with Gasteiger partial charge in [-0.1, -0.05) is 0 Å². The highest BCUT2D eigenvalue weighted by atomic mass is 16.8. The Morgan fingerprint density at radius 2 is 1.36 bits per heavy atom. The quantitative estimate of drug-likeness (QED) is 0.469. The van der Waals surface area contributed by atoms with Gasteiger partial charge < -0.3 is 23.8 Å². The normalized spacial score (nSPS) is 15.2. The van der Waals surface area contributed by atoms with Crippen LogP contribution in [0.1, 0.15) is 27.7 Å². The third kappa shape index (κ3) is 7.29. The van der Waals surface area contributed by atoms with Crippen molar-refractivity contribution >= 4 is 7.32 Å². The minimum Gasteiger partial charge on any atom is -0.401 e. The van der Waals surface area contributed by atoms with E-state index in [1.165, 1.54) is 0 Å². The largest absolute Gasteiger partial charge is 0.640 e. The van der Waals surface area contributed by atoms with Gasteiger partial charge in [-0.05, 0) is 27.7 Å². The van der Waals surface area contributed by atoms with E-state index in [0.717, 1.165) is 0 Å². The van der Waals surface area contributed by atoms with E-state index in [-0.39, 0.29) is 0 Å². The molecule has 0 bridgehead atoms. The van der Waals surface area contributed by atoms with Crippen LogP contribution < -0.4 is 0 Å². The summed E-state index contributed by atoms with van der Waals surface area (Å²) in [6.07, 6.45) is -0.993. The van der Waals surface area contributed by atoms with Crippen molar-refractivity contribution in [2.75, 3.05) is 13.2 Å². The van der Waals surface area contributed by atoms with E-state index in [2.05, 4.69) is 0 Å². The first-order valence-electron chi connectivity index (χ1n) is 4.82. The van der Waals surface area contributed by atoms with E-state index < -0.39 is 19.9 Å². The fourth-order valence-corrected chi connectivity index (χ4v) is 0.908. The van der Waals surface area contributed by atoms with Crippen LogP contribution in [0.5, 0.6) is 0 Å². The molecule has 0 aliphatic heterocycles. The molecule has 0 saturated carbocycles. The van der Waals surface area contributed by atoms with Crippen LogP contribution in [0, 0.1) is 0 Å². The average Bonchev–Trinajstić information content (AvgIpc) is 2.03. The summed E-state index contributed by atoms with van der Waals surface area (Å²) >= 11 is 0. The van der Waals surface area contributed by atoms with Crippen molar-refractivity contribution in [3.8, 4) is 0 Å². The summed E-state index contributed by atoms with van der Waals surface area (Å²) in [6, 6.07) is 0. The lowest BCUT2D eigenvalue weighted by Gasteiger charge is -2.18. The zero-order valence-electron chi connectivity index (χ0n) is 9.23. The maximum atomic E-state index is 9.24. The lowest BCUT2D eigenvalue weighted by molar-refractivity contribution is -0.127. The van der Waals surface area contributed by atoms with Crippen LogP contribution in [0.15, 0.2) is 0 Å². The van der Waals surface area contributed by atoms with Crippen molar-refractivity contribution in [3.63, 3.8) is 0 Å². The number of hydrogen-bond donors (Lipinski definition) is 1. The maximum Gasteiger partial charge on any atom is 0.640 e. The molecule has 2 unspecified atom stereocenters. The molecule has 0 aliphatic carbocycles. The van der Waals surface area contributed by atoms with E-state index in [0.29, 0.717) is 13.2 Å². The highest BCUT2D eigenvalue weighted by Crippen LogP contribution is 2.00. The Kier molecular flexibility index (Phi) is 8.12. The van der Waals surface area contributed by atoms with Crippen LogP contribution in [0.3, 0.4) is 0 Å². The third-order valence-electron chi connectivity index (χ3n) is 1.42. The fourth-order valence-electron chi connectivity index (χ4n) is 0.908. The third-order valence-corrected chi connectivity index (χ3v) is 1.42. The number of ether oxygens (including phenoxy) is 2. The van der Waals surface area contributed by atoms with Crippen LogP contribution in [0.2, 0.25) is 0 Å². The van der Waals surface area contributed by atoms with Crippen LogP contribution in [-0.4, -0.2) is 38.1 Å². The molecule has 0 aliphatic rings. The topological polar surface area (TPSA) is 57.2 Å². The van der Waals surface area contributed by atoms with Gasteiger partial charge in [-0.25, -0.2) is 0 Å². The molecule has 6 heteroatoms. The van der Waals surface area contributed by atoms with E-state index in [1.54, 1.807) is 13.8 Å². The van der Waals surface area contributed by atoms with E-state index >= 15 is 0 Å². The lowest BCUT2D eigenvalue weighted by atomic mass is 10.2. The summed E-state index contributed by atoms with van der Waals surface area (Å²) in [6.45, 7) is 8.10. The molecule has 0 aromatic rings. The van der Waals surface area contributed by atoms with Crippen molar-refractivity contribution < 1.29 is 23.8 Å². The molecule has 0 fully saturated rings. The zero-order chi connectivity index (χ0) is 11.0. The lowest BCUT2D eigenvalue weighted by Crippen LogP contribution is -2.33. The van der Waals surface area contributed by atoms with Crippen LogP contribution in [0.4, 0.5) is 0 Å². The van der Waals surface area contributed by atoms with Crippen molar-refractivity contribution in [2.45, 2.75) is 40.3 Å². The standard InChI is InChI=1S/C8H19BO5/c1-5-11-7(3)13-9(10)14-8(4)12-6-2/h7-8,10H,5-6H2,1-4H3. The second kappa shape index (κ2) is 8.20. The van der Waals surface area contributed by atoms with Gasteiger partial charge in [0.05, 0.1) is 0 Å². The van der Waals surface area contributed by atoms with Gasteiger partial charge in [0.25, 0.3) is 0 Å². The van der Waals surface area contributed by atoms with Gasteiger partial charge in [0, 0.05) is 13.2 Å². The molecule has 0 spiro atoms. The van der Waals surface area contributed by atoms with Crippen LogP contribution in [0.25, 0.3) is 0 Å². The molecule has 2 atom stereocenters. The Morgan fingerprint density at radius 1 is 1.00 bits per heavy atom. The van der Waals surface area contributed by atoms with Crippen molar-refractivity contribution in [2.24, 2.45) is 0 Å². The molecule has 0 aromatic carbocycles. The Bertz CT molecular complexity index is 121. The molecule has 1 N–H and O–H groups in total. The van der Waals surface area contributed by atoms with E-state index in [1.807, 2.05) is 13.8 Å². The van der Waals surface area contributed by atoms with Crippen molar-refractivity contribution in [1.29, 1.82) is 0 Å². The first kappa shape index (κ1) is 13.9. The van der Waals surface area contributed by atoms with Crippen molar-refractivity contribution in [3.05, 3.63) is 0 Å². The molecule has 0 aromatic heterocycles. The second-order valence-corrected chi connectivity index (χ2v) is 2.63. The summed E-state index contributed by atoms with van der Waals surface area (Å²) in [5.74, 6) is 0. The van der Waals surface area contributed by atoms with Crippen molar-refractivity contribution in [1.82, 2.24) is 0 Å².